The quantitative estimate of drug-likeness (QED) is 0.650. The van der Waals surface area contributed by atoms with Gasteiger partial charge in [-0.15, -0.1) is 7.77 Å². The fourth-order valence-electron chi connectivity index (χ4n) is 0.582. The Labute approximate surface area is 70.7 Å². The summed E-state index contributed by atoms with van der Waals surface area (Å²) >= 11 is 2.63. The molecule has 0 spiro atoms. The van der Waals surface area contributed by atoms with Crippen LogP contribution >= 0.6 is 11.6 Å². The summed E-state index contributed by atoms with van der Waals surface area (Å²) < 4.78 is 26.3. The van der Waals surface area contributed by atoms with Gasteiger partial charge in [-0.1, -0.05) is 11.6 Å². The molecule has 0 aliphatic carbocycles. The van der Waals surface area contributed by atoms with E-state index in [0.29, 0.717) is 5.02 Å². The maximum absolute atomic E-state index is 11.6. The van der Waals surface area contributed by atoms with Crippen molar-refractivity contribution in [2.45, 2.75) is 0 Å². The summed E-state index contributed by atoms with van der Waals surface area (Å²) in [5.41, 5.74) is 0.253. The van der Waals surface area contributed by atoms with Gasteiger partial charge in [-0.3, -0.25) is 0 Å². The first-order valence-corrected chi connectivity index (χ1v) is 4.09. The topological polar surface area (TPSA) is 12.4 Å². The van der Waals surface area contributed by atoms with Crippen LogP contribution in [0.5, 0.6) is 0 Å². The minimum Gasteiger partial charge on any atom is -0.169 e. The van der Waals surface area contributed by atoms with Gasteiger partial charge in [0.05, 0.1) is 5.69 Å². The third-order valence-electron chi connectivity index (χ3n) is 1.00. The van der Waals surface area contributed by atoms with Crippen LogP contribution in [-0.4, -0.2) is 0 Å². The SMILES string of the molecule is FS(F)=Nc1ccc(Cl)cc1. The van der Waals surface area contributed by atoms with Crippen molar-refractivity contribution >= 4 is 28.8 Å². The number of benzene rings is 1. The second-order valence-corrected chi connectivity index (χ2v) is 2.78. The Hall–Kier alpha value is -0.480. The van der Waals surface area contributed by atoms with Crippen molar-refractivity contribution in [3.8, 4) is 0 Å². The molecule has 0 aliphatic rings. The summed E-state index contributed by atoms with van der Waals surface area (Å²) in [7, 11) is 0. The van der Waals surface area contributed by atoms with Gasteiger partial charge in [0.2, 0.25) is 0 Å². The molecular weight excluding hydrogens is 192 g/mol. The van der Waals surface area contributed by atoms with E-state index in [1.807, 2.05) is 0 Å². The van der Waals surface area contributed by atoms with Crippen molar-refractivity contribution in [3.05, 3.63) is 29.3 Å². The molecule has 0 unspecified atom stereocenters. The molecule has 1 nitrogen and oxygen atoms in total. The standard InChI is InChI=1S/C6H4ClF2NS/c7-5-1-3-6(4-2-5)10-11(8)9/h1-4H. The van der Waals surface area contributed by atoms with Crippen molar-refractivity contribution in [2.75, 3.05) is 0 Å². The molecule has 0 radical (unpaired) electrons. The molecule has 60 valence electrons. The average molecular weight is 196 g/mol. The fourth-order valence-corrected chi connectivity index (χ4v) is 0.989. The van der Waals surface area contributed by atoms with Gasteiger partial charge in [-0.25, -0.2) is 0 Å². The lowest BCUT2D eigenvalue weighted by atomic mass is 10.3. The minimum absolute atomic E-state index is 0.253. The summed E-state index contributed by atoms with van der Waals surface area (Å²) in [5, 5.41) is 0.515. The maximum atomic E-state index is 11.6. The van der Waals surface area contributed by atoms with E-state index in [1.165, 1.54) is 24.3 Å². The normalized spacial score (nSPS) is 10.2. The molecule has 1 rings (SSSR count). The Morgan fingerprint density at radius 3 is 2.18 bits per heavy atom. The molecule has 0 heterocycles. The number of rotatable bonds is 1. The van der Waals surface area contributed by atoms with Crippen LogP contribution in [0.25, 0.3) is 0 Å². The number of halogens is 3. The number of hydrogen-bond donors (Lipinski definition) is 0. The van der Waals surface area contributed by atoms with Crippen molar-refractivity contribution in [3.63, 3.8) is 0 Å². The molecule has 0 N–H and O–H groups in total. The van der Waals surface area contributed by atoms with E-state index in [1.54, 1.807) is 0 Å². The van der Waals surface area contributed by atoms with E-state index in [0.717, 1.165) is 0 Å². The highest BCUT2D eigenvalue weighted by Gasteiger charge is 1.91. The molecule has 0 saturated heterocycles. The largest absolute Gasteiger partial charge is 0.266 e. The number of nitrogens with zero attached hydrogens (tertiary/aromatic N) is 1. The van der Waals surface area contributed by atoms with E-state index in [9.17, 15) is 7.77 Å². The summed E-state index contributed by atoms with van der Waals surface area (Å²) in [6.07, 6.45) is 0. The fraction of sp³-hybridized carbons (Fsp3) is 0. The highest BCUT2D eigenvalue weighted by atomic mass is 35.5. The predicted octanol–water partition coefficient (Wildman–Crippen LogP) is 3.54. The van der Waals surface area contributed by atoms with Crippen LogP contribution in [0.1, 0.15) is 0 Å². The van der Waals surface area contributed by atoms with Gasteiger partial charge >= 0.3 is 0 Å². The van der Waals surface area contributed by atoms with Crippen LogP contribution in [-0.2, 0) is 11.5 Å². The Balaban J connectivity index is 2.91. The van der Waals surface area contributed by atoms with Crippen molar-refractivity contribution in [1.29, 1.82) is 0 Å². The average Bonchev–Trinajstić information content (AvgIpc) is 1.93. The van der Waals surface area contributed by atoms with Crippen molar-refractivity contribution in [1.82, 2.24) is 0 Å². The zero-order chi connectivity index (χ0) is 8.27. The lowest BCUT2D eigenvalue weighted by Gasteiger charge is -1.90. The molecule has 5 heteroatoms. The molecule has 11 heavy (non-hydrogen) atoms. The van der Waals surface area contributed by atoms with Gasteiger partial charge in [-0.05, 0) is 24.3 Å². The second kappa shape index (κ2) is 3.78. The Kier molecular flexibility index (Phi) is 2.96. The van der Waals surface area contributed by atoms with Crippen molar-refractivity contribution < 1.29 is 7.77 Å². The Morgan fingerprint density at radius 1 is 1.18 bits per heavy atom. The Morgan fingerprint density at radius 2 is 1.73 bits per heavy atom. The third-order valence-corrected chi connectivity index (χ3v) is 1.60. The first kappa shape index (κ1) is 8.62. The van der Waals surface area contributed by atoms with E-state index in [2.05, 4.69) is 4.36 Å². The van der Waals surface area contributed by atoms with Crippen LogP contribution in [0.15, 0.2) is 28.6 Å². The zero-order valence-electron chi connectivity index (χ0n) is 5.30. The van der Waals surface area contributed by atoms with Gasteiger partial charge in [0.15, 0.2) is 0 Å². The van der Waals surface area contributed by atoms with E-state index in [-0.39, 0.29) is 5.69 Å². The van der Waals surface area contributed by atoms with Gasteiger partial charge in [0.25, 0.3) is 11.5 Å². The van der Waals surface area contributed by atoms with Crippen LogP contribution in [0.4, 0.5) is 13.5 Å². The zero-order valence-corrected chi connectivity index (χ0v) is 6.87. The van der Waals surface area contributed by atoms with E-state index >= 15 is 0 Å². The van der Waals surface area contributed by atoms with Crippen LogP contribution in [0.2, 0.25) is 5.02 Å². The number of hydrogen-bond acceptors (Lipinski definition) is 1. The van der Waals surface area contributed by atoms with Crippen LogP contribution in [0, 0.1) is 0 Å². The predicted molar refractivity (Wildman–Crippen MR) is 43.1 cm³/mol. The molecule has 0 bridgehead atoms. The van der Waals surface area contributed by atoms with Crippen molar-refractivity contribution in [2.24, 2.45) is 4.36 Å². The monoisotopic (exact) mass is 195 g/mol. The molecule has 0 saturated carbocycles. The third kappa shape index (κ3) is 2.95. The molecule has 0 amide bonds. The summed E-state index contributed by atoms with van der Waals surface area (Å²) in [6, 6.07) is 5.93. The van der Waals surface area contributed by atoms with E-state index in [4.69, 9.17) is 11.6 Å². The first-order valence-electron chi connectivity index (χ1n) is 2.73. The van der Waals surface area contributed by atoms with E-state index < -0.39 is 11.5 Å². The molecule has 1 aromatic carbocycles. The molecule has 0 aliphatic heterocycles. The van der Waals surface area contributed by atoms with Gasteiger partial charge in [0.1, 0.15) is 0 Å². The van der Waals surface area contributed by atoms with Gasteiger partial charge in [-0.2, -0.15) is 4.36 Å². The molecular formula is C6H4ClF2NS. The summed E-state index contributed by atoms with van der Waals surface area (Å²) in [6.45, 7) is 0. The van der Waals surface area contributed by atoms with Gasteiger partial charge < -0.3 is 0 Å². The van der Waals surface area contributed by atoms with Gasteiger partial charge in [0, 0.05) is 5.02 Å². The summed E-state index contributed by atoms with van der Waals surface area (Å²) in [5.74, 6) is 0. The summed E-state index contributed by atoms with van der Waals surface area (Å²) in [4.78, 5) is 0. The van der Waals surface area contributed by atoms with Crippen LogP contribution in [0.3, 0.4) is 0 Å². The second-order valence-electron chi connectivity index (χ2n) is 1.76. The maximum Gasteiger partial charge on any atom is 0.266 e. The molecule has 0 aromatic heterocycles. The smallest absolute Gasteiger partial charge is 0.169 e. The lowest BCUT2D eigenvalue weighted by molar-refractivity contribution is 0.786. The Bertz CT molecular complexity index is 268. The highest BCUT2D eigenvalue weighted by Crippen LogP contribution is 2.17. The molecule has 0 fully saturated rings. The first-order chi connectivity index (χ1) is 5.18. The minimum atomic E-state index is -2.89. The molecule has 1 aromatic rings. The van der Waals surface area contributed by atoms with Crippen LogP contribution < -0.4 is 0 Å². The highest BCUT2D eigenvalue weighted by molar-refractivity contribution is 7.76. The molecule has 0 atom stereocenters. The lowest BCUT2D eigenvalue weighted by Crippen LogP contribution is -1.66.